The van der Waals surface area contributed by atoms with Gasteiger partial charge < -0.3 is 14.6 Å². The molecule has 0 saturated carbocycles. The fourth-order valence-electron chi connectivity index (χ4n) is 3.41. The number of phenols is 1. The lowest BCUT2D eigenvalue weighted by Crippen LogP contribution is -2.29. The molecule has 6 nitrogen and oxygen atoms in total. The van der Waals surface area contributed by atoms with Gasteiger partial charge in [0.25, 0.3) is 11.7 Å². The number of rotatable bonds is 3. The quantitative estimate of drug-likeness (QED) is 0.341. The molecule has 0 spiro atoms. The Bertz CT molecular complexity index is 1150. The number of aromatic hydroxyl groups is 1. The van der Waals surface area contributed by atoms with E-state index < -0.39 is 17.7 Å². The summed E-state index contributed by atoms with van der Waals surface area (Å²) in [4.78, 5) is 27.0. The standard InChI is InChI=1S/C22H16BrNO5/c1-12-11-13(8-9-14(12)23)20(26)18-19(17-7-4-10-29-17)24(22(28)21(18)27)15-5-2-3-6-16(15)25/h2-11,19,25-26H,1H3/b20-18-. The molecule has 0 radical (unpaired) electrons. The van der Waals surface area contributed by atoms with E-state index in [2.05, 4.69) is 15.9 Å². The van der Waals surface area contributed by atoms with Gasteiger partial charge in [0.15, 0.2) is 0 Å². The second-order valence-corrected chi connectivity index (χ2v) is 7.49. The lowest BCUT2D eigenvalue weighted by Gasteiger charge is -2.24. The number of benzene rings is 2. The van der Waals surface area contributed by atoms with Gasteiger partial charge >= 0.3 is 0 Å². The second kappa shape index (κ2) is 7.25. The molecule has 1 atom stereocenters. The number of aliphatic hydroxyl groups excluding tert-OH is 1. The van der Waals surface area contributed by atoms with Gasteiger partial charge in [-0.3, -0.25) is 14.5 Å². The van der Waals surface area contributed by atoms with E-state index in [1.54, 1.807) is 42.5 Å². The Hall–Kier alpha value is -3.32. The highest BCUT2D eigenvalue weighted by atomic mass is 79.9. The van der Waals surface area contributed by atoms with E-state index in [4.69, 9.17) is 4.42 Å². The third-order valence-electron chi connectivity index (χ3n) is 4.83. The molecule has 2 heterocycles. The normalized spacial score (nSPS) is 18.4. The number of para-hydroxylation sites is 2. The topological polar surface area (TPSA) is 91.0 Å². The molecule has 0 bridgehead atoms. The average molecular weight is 454 g/mol. The highest BCUT2D eigenvalue weighted by molar-refractivity contribution is 9.10. The van der Waals surface area contributed by atoms with Crippen molar-refractivity contribution in [3.05, 3.63) is 87.8 Å². The molecule has 29 heavy (non-hydrogen) atoms. The first-order chi connectivity index (χ1) is 13.9. The molecule has 1 saturated heterocycles. The number of Topliss-reactive ketones (excluding diaryl/α,β-unsaturated/α-hetero) is 1. The number of hydrogen-bond donors (Lipinski definition) is 2. The number of carbonyl (C=O) groups excluding carboxylic acids is 2. The fraction of sp³-hybridized carbons (Fsp3) is 0.0909. The Morgan fingerprint density at radius 2 is 1.86 bits per heavy atom. The Labute approximate surface area is 174 Å². The lowest BCUT2D eigenvalue weighted by molar-refractivity contribution is -0.132. The number of halogens is 1. The predicted molar refractivity (Wildman–Crippen MR) is 110 cm³/mol. The summed E-state index contributed by atoms with van der Waals surface area (Å²) in [6.45, 7) is 1.85. The molecule has 1 aliphatic rings. The number of amides is 1. The van der Waals surface area contributed by atoms with Crippen molar-refractivity contribution in [3.63, 3.8) is 0 Å². The number of phenolic OH excluding ortho intramolecular Hbond substituents is 1. The summed E-state index contributed by atoms with van der Waals surface area (Å²) in [5.74, 6) is -1.89. The molecule has 4 rings (SSSR count). The van der Waals surface area contributed by atoms with Crippen LogP contribution in [0.15, 0.2) is 75.3 Å². The SMILES string of the molecule is Cc1cc(/C(O)=C2/C(=O)C(=O)N(c3ccccc3O)C2c2ccco2)ccc1Br. The van der Waals surface area contributed by atoms with Gasteiger partial charge in [0.1, 0.15) is 23.3 Å². The van der Waals surface area contributed by atoms with Gasteiger partial charge in [-0.05, 0) is 48.9 Å². The molecule has 1 aromatic heterocycles. The van der Waals surface area contributed by atoms with Crippen LogP contribution in [0.2, 0.25) is 0 Å². The number of ketones is 1. The van der Waals surface area contributed by atoms with Gasteiger partial charge in [0.05, 0.1) is 17.5 Å². The Morgan fingerprint density at radius 3 is 2.52 bits per heavy atom. The first kappa shape index (κ1) is 19.0. The number of furan rings is 1. The number of nitrogens with zero attached hydrogens (tertiary/aromatic N) is 1. The summed E-state index contributed by atoms with van der Waals surface area (Å²) in [5, 5.41) is 21.3. The number of carbonyl (C=O) groups is 2. The van der Waals surface area contributed by atoms with E-state index in [9.17, 15) is 19.8 Å². The summed E-state index contributed by atoms with van der Waals surface area (Å²) in [6.07, 6.45) is 1.42. The van der Waals surface area contributed by atoms with Crippen molar-refractivity contribution >= 4 is 39.1 Å². The smallest absolute Gasteiger partial charge is 0.300 e. The van der Waals surface area contributed by atoms with E-state index in [1.807, 2.05) is 6.92 Å². The zero-order chi connectivity index (χ0) is 20.7. The van der Waals surface area contributed by atoms with Crippen molar-refractivity contribution in [2.45, 2.75) is 13.0 Å². The number of hydrogen-bond acceptors (Lipinski definition) is 5. The summed E-state index contributed by atoms with van der Waals surface area (Å²) >= 11 is 3.41. The minimum absolute atomic E-state index is 0.102. The number of aliphatic hydroxyl groups is 1. The maximum Gasteiger partial charge on any atom is 0.300 e. The van der Waals surface area contributed by atoms with Crippen molar-refractivity contribution in [3.8, 4) is 5.75 Å². The molecular weight excluding hydrogens is 438 g/mol. The zero-order valence-electron chi connectivity index (χ0n) is 15.3. The van der Waals surface area contributed by atoms with Crippen LogP contribution in [-0.4, -0.2) is 21.9 Å². The Kier molecular flexibility index (Phi) is 4.76. The van der Waals surface area contributed by atoms with Crippen molar-refractivity contribution < 1.29 is 24.2 Å². The first-order valence-electron chi connectivity index (χ1n) is 8.79. The molecule has 7 heteroatoms. The Morgan fingerprint density at radius 1 is 1.10 bits per heavy atom. The van der Waals surface area contributed by atoms with Crippen LogP contribution in [0.25, 0.3) is 5.76 Å². The molecule has 2 aromatic carbocycles. The van der Waals surface area contributed by atoms with Crippen LogP contribution >= 0.6 is 15.9 Å². The molecule has 1 unspecified atom stereocenters. The maximum atomic E-state index is 12.9. The minimum atomic E-state index is -1.01. The zero-order valence-corrected chi connectivity index (χ0v) is 16.9. The van der Waals surface area contributed by atoms with Crippen LogP contribution < -0.4 is 4.90 Å². The van der Waals surface area contributed by atoms with Gasteiger partial charge in [-0.25, -0.2) is 0 Å². The van der Waals surface area contributed by atoms with Crippen molar-refractivity contribution in [1.29, 1.82) is 0 Å². The van der Waals surface area contributed by atoms with Crippen LogP contribution in [0.5, 0.6) is 5.75 Å². The fourth-order valence-corrected chi connectivity index (χ4v) is 3.66. The molecule has 1 aliphatic heterocycles. The van der Waals surface area contributed by atoms with Crippen molar-refractivity contribution in [2.24, 2.45) is 0 Å². The third-order valence-corrected chi connectivity index (χ3v) is 5.72. The summed E-state index contributed by atoms with van der Waals surface area (Å²) < 4.78 is 6.34. The second-order valence-electron chi connectivity index (χ2n) is 6.64. The monoisotopic (exact) mass is 453 g/mol. The lowest BCUT2D eigenvalue weighted by atomic mass is 9.98. The predicted octanol–water partition coefficient (Wildman–Crippen LogP) is 4.68. The minimum Gasteiger partial charge on any atom is -0.507 e. The van der Waals surface area contributed by atoms with Crippen molar-refractivity contribution in [2.75, 3.05) is 4.90 Å². The van der Waals surface area contributed by atoms with Gasteiger partial charge in [0, 0.05) is 10.0 Å². The number of anilines is 1. The number of aryl methyl sites for hydroxylation is 1. The molecule has 1 amide bonds. The molecular formula is C22H16BrNO5. The third kappa shape index (κ3) is 3.13. The average Bonchev–Trinajstić information content (AvgIpc) is 3.32. The van der Waals surface area contributed by atoms with Crippen LogP contribution in [-0.2, 0) is 9.59 Å². The molecule has 146 valence electrons. The van der Waals surface area contributed by atoms with Crippen LogP contribution in [0.1, 0.15) is 22.9 Å². The molecule has 2 N–H and O–H groups in total. The highest BCUT2D eigenvalue weighted by Gasteiger charge is 2.49. The largest absolute Gasteiger partial charge is 0.507 e. The van der Waals surface area contributed by atoms with E-state index in [0.717, 1.165) is 14.9 Å². The first-order valence-corrected chi connectivity index (χ1v) is 9.58. The van der Waals surface area contributed by atoms with E-state index in [0.29, 0.717) is 11.3 Å². The van der Waals surface area contributed by atoms with E-state index >= 15 is 0 Å². The molecule has 0 aliphatic carbocycles. The summed E-state index contributed by atoms with van der Waals surface area (Å²) in [6, 6.07) is 13.6. The molecule has 1 fully saturated rings. The van der Waals surface area contributed by atoms with E-state index in [-0.39, 0.29) is 22.8 Å². The van der Waals surface area contributed by atoms with Gasteiger partial charge in [-0.2, -0.15) is 0 Å². The molecule has 3 aromatic rings. The Balaban J connectivity index is 1.95. The van der Waals surface area contributed by atoms with Gasteiger partial charge in [-0.1, -0.05) is 34.1 Å². The van der Waals surface area contributed by atoms with Crippen LogP contribution in [0.3, 0.4) is 0 Å². The van der Waals surface area contributed by atoms with Crippen molar-refractivity contribution in [1.82, 2.24) is 0 Å². The highest BCUT2D eigenvalue weighted by Crippen LogP contribution is 2.44. The van der Waals surface area contributed by atoms with Crippen LogP contribution in [0, 0.1) is 6.92 Å². The summed E-state index contributed by atoms with van der Waals surface area (Å²) in [5.41, 5.74) is 1.31. The van der Waals surface area contributed by atoms with Gasteiger partial charge in [0.2, 0.25) is 0 Å². The maximum absolute atomic E-state index is 12.9. The van der Waals surface area contributed by atoms with E-state index in [1.165, 1.54) is 18.4 Å². The van der Waals surface area contributed by atoms with Gasteiger partial charge in [-0.15, -0.1) is 0 Å². The van der Waals surface area contributed by atoms with Crippen LogP contribution in [0.4, 0.5) is 5.69 Å². The summed E-state index contributed by atoms with van der Waals surface area (Å²) in [7, 11) is 0.